The van der Waals surface area contributed by atoms with Crippen LogP contribution in [0.15, 0.2) is 30.3 Å². The maximum atomic E-state index is 12.2. The second-order valence-corrected chi connectivity index (χ2v) is 6.63. The molecule has 1 rings (SSSR count). The summed E-state index contributed by atoms with van der Waals surface area (Å²) in [5.41, 5.74) is 1.14. The minimum Gasteiger partial charge on any atom is -0.309 e. The summed E-state index contributed by atoms with van der Waals surface area (Å²) >= 11 is 0. The van der Waals surface area contributed by atoms with Gasteiger partial charge in [-0.15, -0.1) is 0 Å². The molecule has 4 nitrogen and oxygen atoms in total. The fraction of sp³-hybridized carbons (Fsp3) is 0.533. The molecular weight excluding hydrogens is 275 g/mol. The van der Waals surface area contributed by atoms with Gasteiger partial charge in [-0.25, -0.2) is 0 Å². The molecule has 0 N–H and O–H groups in total. The second-order valence-electron chi connectivity index (χ2n) is 4.44. The maximum Gasteiger partial charge on any atom is 0.331 e. The van der Waals surface area contributed by atoms with E-state index < -0.39 is 7.60 Å². The van der Waals surface area contributed by atoms with E-state index in [1.54, 1.807) is 13.8 Å². The molecule has 0 radical (unpaired) electrons. The first-order valence-electron chi connectivity index (χ1n) is 7.03. The van der Waals surface area contributed by atoms with E-state index in [9.17, 15) is 9.36 Å². The van der Waals surface area contributed by atoms with Gasteiger partial charge in [-0.05, 0) is 25.8 Å². The zero-order chi connectivity index (χ0) is 14.8. The Morgan fingerprint density at radius 1 is 1.05 bits per heavy atom. The molecule has 5 heteroatoms. The highest BCUT2D eigenvalue weighted by molar-refractivity contribution is 7.53. The lowest BCUT2D eigenvalue weighted by atomic mass is 10.1. The maximum absolute atomic E-state index is 12.2. The molecule has 0 unspecified atom stereocenters. The van der Waals surface area contributed by atoms with Crippen molar-refractivity contribution in [1.29, 1.82) is 0 Å². The summed E-state index contributed by atoms with van der Waals surface area (Å²) in [6.45, 7) is 4.19. The minimum absolute atomic E-state index is 0.0912. The summed E-state index contributed by atoms with van der Waals surface area (Å²) in [6.07, 6.45) is 1.59. The predicted molar refractivity (Wildman–Crippen MR) is 80.1 cm³/mol. The monoisotopic (exact) mass is 298 g/mol. The summed E-state index contributed by atoms with van der Waals surface area (Å²) in [7, 11) is -3.09. The lowest BCUT2D eigenvalue weighted by molar-refractivity contribution is -0.118. The Morgan fingerprint density at radius 2 is 1.65 bits per heavy atom. The standard InChI is InChI=1S/C15H23O4P/c1-3-18-20(17,19-4-2)13-12-15(16)11-10-14-8-6-5-7-9-14/h5-9H,3-4,10-13H2,1-2H3. The van der Waals surface area contributed by atoms with E-state index in [1.807, 2.05) is 30.3 Å². The molecule has 0 aliphatic rings. The predicted octanol–water partition coefficient (Wildman–Crippen LogP) is 3.84. The first kappa shape index (κ1) is 17.1. The van der Waals surface area contributed by atoms with E-state index in [1.165, 1.54) is 0 Å². The normalized spacial score (nSPS) is 11.5. The van der Waals surface area contributed by atoms with Gasteiger partial charge < -0.3 is 9.05 Å². The van der Waals surface area contributed by atoms with Gasteiger partial charge >= 0.3 is 7.60 Å². The average molecular weight is 298 g/mol. The van der Waals surface area contributed by atoms with Crippen molar-refractivity contribution in [3.8, 4) is 0 Å². The average Bonchev–Trinajstić information content (AvgIpc) is 2.45. The quantitative estimate of drug-likeness (QED) is 0.616. The van der Waals surface area contributed by atoms with E-state index in [0.717, 1.165) is 5.56 Å². The highest BCUT2D eigenvalue weighted by atomic mass is 31.2. The number of ketones is 1. The third kappa shape index (κ3) is 6.47. The molecule has 0 fully saturated rings. The molecule has 0 aliphatic carbocycles. The summed E-state index contributed by atoms with van der Waals surface area (Å²) in [5.74, 6) is 0.0912. The van der Waals surface area contributed by atoms with Crippen LogP contribution in [0.2, 0.25) is 0 Å². The van der Waals surface area contributed by atoms with Crippen LogP contribution in [0.1, 0.15) is 32.3 Å². The first-order valence-corrected chi connectivity index (χ1v) is 8.76. The van der Waals surface area contributed by atoms with Gasteiger partial charge in [-0.1, -0.05) is 30.3 Å². The zero-order valence-electron chi connectivity index (χ0n) is 12.2. The molecule has 112 valence electrons. The third-order valence-corrected chi connectivity index (χ3v) is 4.93. The summed E-state index contributed by atoms with van der Waals surface area (Å²) in [6, 6.07) is 9.86. The molecule has 0 saturated heterocycles. The van der Waals surface area contributed by atoms with E-state index in [2.05, 4.69) is 0 Å². The van der Waals surface area contributed by atoms with Gasteiger partial charge in [0.25, 0.3) is 0 Å². The van der Waals surface area contributed by atoms with Crippen LogP contribution in [0.25, 0.3) is 0 Å². The van der Waals surface area contributed by atoms with Gasteiger partial charge in [0.15, 0.2) is 0 Å². The number of hydrogen-bond acceptors (Lipinski definition) is 4. The lowest BCUT2D eigenvalue weighted by Gasteiger charge is -2.16. The van der Waals surface area contributed by atoms with Gasteiger partial charge in [-0.2, -0.15) is 0 Å². The van der Waals surface area contributed by atoms with Crippen molar-refractivity contribution in [2.75, 3.05) is 19.4 Å². The number of benzene rings is 1. The van der Waals surface area contributed by atoms with Crippen molar-refractivity contribution >= 4 is 13.4 Å². The van der Waals surface area contributed by atoms with E-state index in [0.29, 0.717) is 26.1 Å². The number of rotatable bonds is 10. The zero-order valence-corrected chi connectivity index (χ0v) is 13.1. The summed E-state index contributed by atoms with van der Waals surface area (Å²) in [4.78, 5) is 11.8. The molecular formula is C15H23O4P. The van der Waals surface area contributed by atoms with Crippen molar-refractivity contribution in [3.63, 3.8) is 0 Å². The molecule has 0 aliphatic heterocycles. The fourth-order valence-corrected chi connectivity index (χ4v) is 3.52. The van der Waals surface area contributed by atoms with Crippen LogP contribution < -0.4 is 0 Å². The molecule has 0 amide bonds. The van der Waals surface area contributed by atoms with E-state index >= 15 is 0 Å². The molecule has 0 spiro atoms. The van der Waals surface area contributed by atoms with Gasteiger partial charge in [0.1, 0.15) is 5.78 Å². The van der Waals surface area contributed by atoms with Crippen LogP contribution in [0.3, 0.4) is 0 Å². The topological polar surface area (TPSA) is 52.6 Å². The first-order chi connectivity index (χ1) is 9.59. The highest BCUT2D eigenvalue weighted by Gasteiger charge is 2.24. The number of carbonyl (C=O) groups excluding carboxylic acids is 1. The molecule has 0 aromatic heterocycles. The molecule has 1 aromatic carbocycles. The second kappa shape index (κ2) is 9.06. The Labute approximate surface area is 121 Å². The van der Waals surface area contributed by atoms with E-state index in [-0.39, 0.29) is 18.4 Å². The summed E-state index contributed by atoms with van der Waals surface area (Å²) in [5, 5.41) is 0. The number of aryl methyl sites for hydroxylation is 1. The third-order valence-electron chi connectivity index (χ3n) is 2.85. The van der Waals surface area contributed by atoms with Crippen LogP contribution in [-0.4, -0.2) is 25.2 Å². The van der Waals surface area contributed by atoms with Gasteiger partial charge in [0, 0.05) is 12.8 Å². The van der Waals surface area contributed by atoms with E-state index in [4.69, 9.17) is 9.05 Å². The van der Waals surface area contributed by atoms with Crippen molar-refractivity contribution in [2.45, 2.75) is 33.1 Å². The van der Waals surface area contributed by atoms with Gasteiger partial charge in [0.05, 0.1) is 19.4 Å². The fourth-order valence-electron chi connectivity index (χ4n) is 1.87. The van der Waals surface area contributed by atoms with Crippen LogP contribution in [0.5, 0.6) is 0 Å². The van der Waals surface area contributed by atoms with Crippen molar-refractivity contribution < 1.29 is 18.4 Å². The Morgan fingerprint density at radius 3 is 2.20 bits per heavy atom. The Bertz CT molecular complexity index is 434. The smallest absolute Gasteiger partial charge is 0.309 e. The van der Waals surface area contributed by atoms with Gasteiger partial charge in [-0.3, -0.25) is 9.36 Å². The SMILES string of the molecule is CCOP(=O)(CCC(=O)CCc1ccccc1)OCC. The van der Waals surface area contributed by atoms with Crippen LogP contribution in [0, 0.1) is 0 Å². The van der Waals surface area contributed by atoms with Gasteiger partial charge in [0.2, 0.25) is 0 Å². The van der Waals surface area contributed by atoms with Crippen molar-refractivity contribution in [2.24, 2.45) is 0 Å². The van der Waals surface area contributed by atoms with Crippen molar-refractivity contribution in [1.82, 2.24) is 0 Å². The molecule has 0 bridgehead atoms. The molecule has 0 atom stereocenters. The molecule has 0 heterocycles. The number of Topliss-reactive ketones (excluding diaryl/α,β-unsaturated/α-hetero) is 1. The van der Waals surface area contributed by atoms with Crippen LogP contribution in [0.4, 0.5) is 0 Å². The largest absolute Gasteiger partial charge is 0.331 e. The van der Waals surface area contributed by atoms with Crippen LogP contribution in [-0.2, 0) is 24.8 Å². The minimum atomic E-state index is -3.09. The molecule has 1 aromatic rings. The Hall–Kier alpha value is -0.960. The molecule has 0 saturated carbocycles. The number of hydrogen-bond donors (Lipinski definition) is 0. The highest BCUT2D eigenvalue weighted by Crippen LogP contribution is 2.48. The Balaban J connectivity index is 2.36. The summed E-state index contributed by atoms with van der Waals surface area (Å²) < 4.78 is 22.5. The molecule has 20 heavy (non-hydrogen) atoms. The Kier molecular flexibility index (Phi) is 7.75. The van der Waals surface area contributed by atoms with Crippen LogP contribution >= 0.6 is 7.60 Å². The number of carbonyl (C=O) groups is 1. The lowest BCUT2D eigenvalue weighted by Crippen LogP contribution is -2.07. The van der Waals surface area contributed by atoms with Crippen molar-refractivity contribution in [3.05, 3.63) is 35.9 Å².